The Morgan fingerprint density at radius 1 is 0.366 bits per heavy atom. The van der Waals surface area contributed by atoms with Gasteiger partial charge >= 0.3 is 0 Å². The number of carbonyl (C=O) groups excluding carboxylic acids is 1. The van der Waals surface area contributed by atoms with Crippen LogP contribution in [0, 0.1) is 0 Å². The zero-order valence-corrected chi connectivity index (χ0v) is 62.1. The zero-order chi connectivity index (χ0) is 73.2. The molecule has 12 N–H and O–H groups in total. The monoisotopic (exact) mass is 1430 g/mol. The van der Waals surface area contributed by atoms with Gasteiger partial charge in [0.15, 0.2) is 18.9 Å². The minimum Gasteiger partial charge on any atom is -0.394 e. The van der Waals surface area contributed by atoms with Crippen LogP contribution in [0.2, 0.25) is 0 Å². The smallest absolute Gasteiger partial charge is 0.220 e. The summed E-state index contributed by atoms with van der Waals surface area (Å²) >= 11 is 0. The van der Waals surface area contributed by atoms with E-state index >= 15 is 0 Å². The average Bonchev–Trinajstić information content (AvgIpc) is 0.782. The topological polar surface area (TPSA) is 307 Å². The quantitative estimate of drug-likeness (QED) is 0.0199. The van der Waals surface area contributed by atoms with Crippen LogP contribution in [0.3, 0.4) is 0 Å². The predicted octanol–water partition coefficient (Wildman–Crippen LogP) is 12.9. The van der Waals surface area contributed by atoms with Gasteiger partial charge < -0.3 is 89.9 Å². The summed E-state index contributed by atoms with van der Waals surface area (Å²) in [6.07, 6.45) is 57.9. The molecule has 0 bridgehead atoms. The molecule has 3 saturated heterocycles. The molecule has 17 unspecified atom stereocenters. The van der Waals surface area contributed by atoms with Crippen molar-refractivity contribution in [3.8, 4) is 0 Å². The van der Waals surface area contributed by atoms with Gasteiger partial charge in [-0.2, -0.15) is 0 Å². The lowest BCUT2D eigenvalue weighted by Gasteiger charge is -2.48. The molecule has 101 heavy (non-hydrogen) atoms. The zero-order valence-electron chi connectivity index (χ0n) is 62.1. The lowest BCUT2D eigenvalue weighted by molar-refractivity contribution is -0.379. The van der Waals surface area contributed by atoms with Crippen LogP contribution < -0.4 is 5.32 Å². The van der Waals surface area contributed by atoms with Gasteiger partial charge in [0.2, 0.25) is 5.91 Å². The number of carbonyl (C=O) groups is 1. The van der Waals surface area contributed by atoms with Crippen LogP contribution in [0.1, 0.15) is 271 Å². The molecular formula is C82H141NO18. The average molecular weight is 1430 g/mol. The Morgan fingerprint density at radius 2 is 0.693 bits per heavy atom. The first-order chi connectivity index (χ1) is 49.3. The number of ether oxygens (including phenoxy) is 6. The molecule has 19 nitrogen and oxygen atoms in total. The fourth-order valence-electron chi connectivity index (χ4n) is 12.7. The van der Waals surface area contributed by atoms with E-state index in [-0.39, 0.29) is 18.9 Å². The highest BCUT2D eigenvalue weighted by molar-refractivity contribution is 5.76. The van der Waals surface area contributed by atoms with Crippen LogP contribution in [0.25, 0.3) is 0 Å². The molecule has 3 aliphatic heterocycles. The molecule has 582 valence electrons. The second-order valence-corrected chi connectivity index (χ2v) is 27.8. The molecule has 3 aliphatic rings. The standard InChI is InChI=1S/C82H141NO18/c1-3-5-7-9-11-13-15-17-19-21-23-25-26-27-28-29-30-31-32-33-34-35-36-37-38-40-42-44-46-48-50-52-54-56-58-60-70(88)83-65(66(87)59-57-55-53-51-49-47-45-43-41-39-24-22-20-18-16-14-12-10-8-6-4-2)64-96-80-76(94)73(91)78(68(62-85)98-80)101-82-77(95)74(92)79(69(63-86)99-82)100-81-75(93)72(90)71(89)67(61-84)97-81/h5,7,11,13,17,19,23,25,27-28,30-31,41,43,49,51,57,59,65-69,71-82,84-87,89-95H,3-4,6,8-10,12,14-16,18,20-22,24,26,29,32-40,42,44-48,50,52-56,58,60-64H2,1-2H3,(H,83,88)/b7-5-,13-11-,19-17-,25-23-,28-27-,31-30-,43-41+,51-49+,59-57+. The van der Waals surface area contributed by atoms with E-state index in [1.54, 1.807) is 6.08 Å². The number of rotatable bonds is 61. The Labute approximate surface area is 608 Å². The van der Waals surface area contributed by atoms with E-state index in [2.05, 4.69) is 116 Å². The lowest BCUT2D eigenvalue weighted by atomic mass is 9.96. The van der Waals surface area contributed by atoms with E-state index in [1.165, 1.54) is 154 Å². The summed E-state index contributed by atoms with van der Waals surface area (Å²) in [5.41, 5.74) is 0. The first kappa shape index (κ1) is 91.7. The Balaban J connectivity index is 1.37. The fourth-order valence-corrected chi connectivity index (χ4v) is 12.7. The van der Waals surface area contributed by atoms with Crippen molar-refractivity contribution in [3.05, 3.63) is 109 Å². The van der Waals surface area contributed by atoms with Crippen LogP contribution in [-0.2, 0) is 33.2 Å². The summed E-state index contributed by atoms with van der Waals surface area (Å²) < 4.78 is 34.4. The highest BCUT2D eigenvalue weighted by Gasteiger charge is 2.53. The van der Waals surface area contributed by atoms with Crippen molar-refractivity contribution in [3.63, 3.8) is 0 Å². The molecule has 0 spiro atoms. The number of allylic oxidation sites excluding steroid dienone is 17. The minimum absolute atomic E-state index is 0.227. The van der Waals surface area contributed by atoms with Crippen molar-refractivity contribution in [2.24, 2.45) is 0 Å². The Kier molecular flexibility index (Phi) is 55.9. The first-order valence-electron chi connectivity index (χ1n) is 39.6. The maximum Gasteiger partial charge on any atom is 0.220 e. The molecule has 3 fully saturated rings. The maximum absolute atomic E-state index is 13.5. The van der Waals surface area contributed by atoms with Crippen molar-refractivity contribution in [2.75, 3.05) is 26.4 Å². The SMILES string of the molecule is CC/C=C\C/C=C\C/C=C\C/C=C\C/C=C\C/C=C\CCCCCCCCCCCCCCCCCCC(=O)NC(COC1OC(CO)C(OC2OC(CO)C(OC3OC(CO)C(O)C(O)C3O)C(O)C2O)C(O)C1O)C(O)/C=C/CC/C=C/CC/C=C/CCCCCCCCCCCCC. The van der Waals surface area contributed by atoms with E-state index in [9.17, 15) is 61.0 Å². The molecule has 3 rings (SSSR count). The van der Waals surface area contributed by atoms with E-state index in [0.29, 0.717) is 12.8 Å². The molecule has 0 aromatic rings. The van der Waals surface area contributed by atoms with Crippen molar-refractivity contribution < 1.29 is 89.4 Å². The number of unbranched alkanes of at least 4 members (excludes halogenated alkanes) is 29. The molecule has 0 aromatic carbocycles. The van der Waals surface area contributed by atoms with Gasteiger partial charge in [0.25, 0.3) is 0 Å². The number of nitrogens with one attached hydrogen (secondary N) is 1. The van der Waals surface area contributed by atoms with Crippen LogP contribution in [0.5, 0.6) is 0 Å². The normalized spacial score (nSPS) is 26.9. The Bertz CT molecular complexity index is 2250. The minimum atomic E-state index is -1.99. The second-order valence-electron chi connectivity index (χ2n) is 27.8. The lowest BCUT2D eigenvalue weighted by Crippen LogP contribution is -2.66. The summed E-state index contributed by atoms with van der Waals surface area (Å²) in [4.78, 5) is 13.5. The molecular weight excluding hydrogens is 1290 g/mol. The third kappa shape index (κ3) is 41.8. The summed E-state index contributed by atoms with van der Waals surface area (Å²) in [7, 11) is 0. The number of aliphatic hydroxyl groups is 11. The summed E-state index contributed by atoms with van der Waals surface area (Å²) in [5.74, 6) is -0.291. The van der Waals surface area contributed by atoms with Crippen molar-refractivity contribution in [2.45, 2.75) is 375 Å². The predicted molar refractivity (Wildman–Crippen MR) is 401 cm³/mol. The number of hydrogen-bond acceptors (Lipinski definition) is 18. The van der Waals surface area contributed by atoms with Crippen LogP contribution in [0.15, 0.2) is 109 Å². The maximum atomic E-state index is 13.5. The molecule has 3 heterocycles. The molecule has 0 aliphatic carbocycles. The molecule has 1 amide bonds. The van der Waals surface area contributed by atoms with Gasteiger partial charge in [-0.15, -0.1) is 0 Å². The largest absolute Gasteiger partial charge is 0.394 e. The van der Waals surface area contributed by atoms with Gasteiger partial charge in [-0.25, -0.2) is 0 Å². The van der Waals surface area contributed by atoms with Crippen molar-refractivity contribution >= 4 is 5.91 Å². The van der Waals surface area contributed by atoms with Gasteiger partial charge in [0, 0.05) is 6.42 Å². The third-order valence-corrected chi connectivity index (χ3v) is 19.0. The van der Waals surface area contributed by atoms with Crippen LogP contribution >= 0.6 is 0 Å². The first-order valence-corrected chi connectivity index (χ1v) is 39.6. The number of aliphatic hydroxyl groups excluding tert-OH is 11. The Hall–Kier alpha value is -3.55. The van der Waals surface area contributed by atoms with Gasteiger partial charge in [0.1, 0.15) is 73.2 Å². The number of amides is 1. The van der Waals surface area contributed by atoms with E-state index in [1.807, 2.05) is 6.08 Å². The number of hydrogen-bond donors (Lipinski definition) is 12. The molecule has 0 aromatic heterocycles. The fraction of sp³-hybridized carbons (Fsp3) is 0.768. The van der Waals surface area contributed by atoms with Gasteiger partial charge in [-0.3, -0.25) is 4.79 Å². The van der Waals surface area contributed by atoms with E-state index in [4.69, 9.17) is 28.4 Å². The van der Waals surface area contributed by atoms with Crippen molar-refractivity contribution in [1.29, 1.82) is 0 Å². The molecule has 17 atom stereocenters. The highest BCUT2D eigenvalue weighted by atomic mass is 16.8. The summed E-state index contributed by atoms with van der Waals surface area (Å²) in [6, 6.07) is -1.00. The summed E-state index contributed by atoms with van der Waals surface area (Å²) in [5, 5.41) is 121. The Morgan fingerprint density at radius 3 is 1.11 bits per heavy atom. The van der Waals surface area contributed by atoms with Gasteiger partial charge in [-0.1, -0.05) is 277 Å². The second kappa shape index (κ2) is 61.6. The highest BCUT2D eigenvalue weighted by Crippen LogP contribution is 2.33. The molecule has 19 heteroatoms. The van der Waals surface area contributed by atoms with Crippen LogP contribution in [-0.4, -0.2) is 193 Å². The van der Waals surface area contributed by atoms with Gasteiger partial charge in [-0.05, 0) is 96.3 Å². The van der Waals surface area contributed by atoms with Gasteiger partial charge in [0.05, 0.1) is 38.6 Å². The molecule has 0 saturated carbocycles. The summed E-state index contributed by atoms with van der Waals surface area (Å²) in [6.45, 7) is 1.60. The van der Waals surface area contributed by atoms with Crippen LogP contribution in [0.4, 0.5) is 0 Å². The molecule has 0 radical (unpaired) electrons. The van der Waals surface area contributed by atoms with E-state index < -0.39 is 124 Å². The van der Waals surface area contributed by atoms with E-state index in [0.717, 1.165) is 83.5 Å². The van der Waals surface area contributed by atoms with Crippen molar-refractivity contribution in [1.82, 2.24) is 5.32 Å². The third-order valence-electron chi connectivity index (χ3n) is 19.0.